The molecule has 3 fully saturated rings. The summed E-state index contributed by atoms with van der Waals surface area (Å²) < 4.78 is 0. The molecule has 2 atom stereocenters. The van der Waals surface area contributed by atoms with Crippen molar-refractivity contribution < 1.29 is 0 Å². The van der Waals surface area contributed by atoms with Gasteiger partial charge in [0.2, 0.25) is 0 Å². The van der Waals surface area contributed by atoms with Gasteiger partial charge in [-0.05, 0) is 51.0 Å². The van der Waals surface area contributed by atoms with E-state index in [0.717, 1.165) is 12.0 Å². The van der Waals surface area contributed by atoms with Crippen molar-refractivity contribution in [3.8, 4) is 0 Å². The van der Waals surface area contributed by atoms with Gasteiger partial charge < -0.3 is 10.6 Å². The van der Waals surface area contributed by atoms with Crippen LogP contribution >= 0.6 is 0 Å². The summed E-state index contributed by atoms with van der Waals surface area (Å²) in [6, 6.07) is 0.922. The van der Waals surface area contributed by atoms with Gasteiger partial charge in [0.05, 0.1) is 0 Å². The summed E-state index contributed by atoms with van der Waals surface area (Å²) in [6.07, 6.45) is 15.3. The van der Waals surface area contributed by atoms with E-state index in [-0.39, 0.29) is 5.54 Å². The second-order valence-electron chi connectivity index (χ2n) is 7.11. The zero-order chi connectivity index (χ0) is 12.4. The number of hydrogen-bond acceptors (Lipinski definition) is 2. The summed E-state index contributed by atoms with van der Waals surface area (Å²) in [7, 11) is 0. The van der Waals surface area contributed by atoms with Gasteiger partial charge >= 0.3 is 0 Å². The van der Waals surface area contributed by atoms with Crippen molar-refractivity contribution in [3.63, 3.8) is 0 Å². The van der Waals surface area contributed by atoms with E-state index in [9.17, 15) is 0 Å². The van der Waals surface area contributed by atoms with E-state index in [2.05, 4.69) is 4.90 Å². The lowest BCUT2D eigenvalue weighted by Crippen LogP contribution is -2.46. The zero-order valence-corrected chi connectivity index (χ0v) is 11.9. The Morgan fingerprint density at radius 3 is 2.56 bits per heavy atom. The summed E-state index contributed by atoms with van der Waals surface area (Å²) in [5.41, 5.74) is 6.76. The normalized spacial score (nSPS) is 36.5. The number of likely N-dealkylation sites (tertiary alicyclic amines) is 1. The fourth-order valence-corrected chi connectivity index (χ4v) is 4.65. The van der Waals surface area contributed by atoms with Crippen molar-refractivity contribution in [3.05, 3.63) is 0 Å². The molecule has 0 amide bonds. The average molecular weight is 250 g/mol. The summed E-state index contributed by atoms with van der Waals surface area (Å²) in [4.78, 5) is 2.78. The van der Waals surface area contributed by atoms with Crippen LogP contribution in [0.4, 0.5) is 0 Å². The Balaban J connectivity index is 1.50. The topological polar surface area (TPSA) is 29.3 Å². The highest BCUT2D eigenvalue weighted by molar-refractivity contribution is 4.93. The second-order valence-corrected chi connectivity index (χ2v) is 7.11. The molecule has 104 valence electrons. The number of rotatable bonds is 3. The maximum atomic E-state index is 6.58. The van der Waals surface area contributed by atoms with Gasteiger partial charge in [0, 0.05) is 18.1 Å². The molecular weight excluding hydrogens is 220 g/mol. The van der Waals surface area contributed by atoms with E-state index in [1.54, 1.807) is 0 Å². The summed E-state index contributed by atoms with van der Waals surface area (Å²) in [5, 5.41) is 0. The number of nitrogens with two attached hydrogens (primary N) is 1. The Labute approximate surface area is 112 Å². The summed E-state index contributed by atoms with van der Waals surface area (Å²) in [5.74, 6) is 1.03. The number of hydrogen-bond donors (Lipinski definition) is 1. The molecule has 3 aliphatic rings. The van der Waals surface area contributed by atoms with Crippen molar-refractivity contribution in [1.82, 2.24) is 4.90 Å². The molecular formula is C16H30N2. The summed E-state index contributed by atoms with van der Waals surface area (Å²) >= 11 is 0. The molecule has 0 spiro atoms. The minimum absolute atomic E-state index is 0.186. The molecule has 2 aliphatic carbocycles. The molecule has 2 saturated carbocycles. The van der Waals surface area contributed by atoms with Crippen molar-refractivity contribution >= 4 is 0 Å². The summed E-state index contributed by atoms with van der Waals surface area (Å²) in [6.45, 7) is 2.63. The molecule has 2 heteroatoms. The highest BCUT2D eigenvalue weighted by Gasteiger charge is 2.36. The van der Waals surface area contributed by atoms with E-state index in [0.29, 0.717) is 0 Å². The molecule has 0 aromatic heterocycles. The Hall–Kier alpha value is -0.0800. The first-order chi connectivity index (χ1) is 8.77. The molecule has 2 nitrogen and oxygen atoms in total. The lowest BCUT2D eigenvalue weighted by Gasteiger charge is -2.37. The predicted octanol–water partition coefficient (Wildman–Crippen LogP) is 3.30. The van der Waals surface area contributed by atoms with Gasteiger partial charge in [0.15, 0.2) is 0 Å². The van der Waals surface area contributed by atoms with E-state index < -0.39 is 0 Å². The molecule has 0 radical (unpaired) electrons. The maximum absolute atomic E-state index is 6.58. The van der Waals surface area contributed by atoms with Gasteiger partial charge in [-0.2, -0.15) is 0 Å². The first kappa shape index (κ1) is 12.9. The second kappa shape index (κ2) is 5.50. The molecule has 1 heterocycles. The van der Waals surface area contributed by atoms with Crippen LogP contribution in [0, 0.1) is 5.92 Å². The average Bonchev–Trinajstić information content (AvgIpc) is 2.81. The van der Waals surface area contributed by atoms with Gasteiger partial charge in [-0.3, -0.25) is 0 Å². The quantitative estimate of drug-likeness (QED) is 0.832. The van der Waals surface area contributed by atoms with Crippen LogP contribution in [-0.4, -0.2) is 29.6 Å². The predicted molar refractivity (Wildman–Crippen MR) is 76.6 cm³/mol. The molecule has 2 N–H and O–H groups in total. The molecule has 18 heavy (non-hydrogen) atoms. The lowest BCUT2D eigenvalue weighted by atomic mass is 9.80. The van der Waals surface area contributed by atoms with Crippen LogP contribution in [0.1, 0.15) is 70.6 Å². The highest BCUT2D eigenvalue weighted by atomic mass is 15.2. The molecule has 1 saturated heterocycles. The van der Waals surface area contributed by atoms with Gasteiger partial charge in [-0.25, -0.2) is 0 Å². The molecule has 0 bridgehead atoms. The van der Waals surface area contributed by atoms with Crippen molar-refractivity contribution in [2.24, 2.45) is 11.7 Å². The van der Waals surface area contributed by atoms with Gasteiger partial charge in [0.25, 0.3) is 0 Å². The van der Waals surface area contributed by atoms with Crippen LogP contribution in [0.2, 0.25) is 0 Å². The molecule has 3 rings (SSSR count). The van der Waals surface area contributed by atoms with Crippen LogP contribution in [0.15, 0.2) is 0 Å². The third-order valence-electron chi connectivity index (χ3n) is 5.87. The first-order valence-corrected chi connectivity index (χ1v) is 8.30. The fourth-order valence-electron chi connectivity index (χ4n) is 4.65. The molecule has 1 aliphatic heterocycles. The van der Waals surface area contributed by atoms with Crippen LogP contribution in [0.3, 0.4) is 0 Å². The van der Waals surface area contributed by atoms with Crippen LogP contribution in [0.25, 0.3) is 0 Å². The van der Waals surface area contributed by atoms with E-state index in [4.69, 9.17) is 5.73 Å². The van der Waals surface area contributed by atoms with Gasteiger partial charge in [0.1, 0.15) is 0 Å². The smallest absolute Gasteiger partial charge is 0.0166 e. The molecule has 2 unspecified atom stereocenters. The van der Waals surface area contributed by atoms with Crippen molar-refractivity contribution in [2.45, 2.75) is 82.2 Å². The van der Waals surface area contributed by atoms with E-state index in [1.165, 1.54) is 83.7 Å². The Kier molecular flexibility index (Phi) is 3.95. The van der Waals surface area contributed by atoms with Crippen molar-refractivity contribution in [2.75, 3.05) is 13.1 Å². The van der Waals surface area contributed by atoms with E-state index in [1.807, 2.05) is 0 Å². The largest absolute Gasteiger partial charge is 0.325 e. The standard InChI is InChI=1S/C16H30N2/c17-16(9-4-1-5-10-16)11-13-18-12-8-14-6-2-3-7-15(14)18/h14-15H,1-13,17H2. The van der Waals surface area contributed by atoms with Crippen molar-refractivity contribution in [1.29, 1.82) is 0 Å². The van der Waals surface area contributed by atoms with Crippen LogP contribution in [0.5, 0.6) is 0 Å². The number of fused-ring (bicyclic) bond motifs is 1. The highest BCUT2D eigenvalue weighted by Crippen LogP contribution is 2.37. The van der Waals surface area contributed by atoms with Crippen LogP contribution in [-0.2, 0) is 0 Å². The Bertz CT molecular complexity index is 270. The SMILES string of the molecule is NC1(CCN2CCC3CCCCC32)CCCCC1. The Morgan fingerprint density at radius 1 is 0.944 bits per heavy atom. The molecule has 0 aromatic carbocycles. The number of nitrogens with zero attached hydrogens (tertiary/aromatic N) is 1. The first-order valence-electron chi connectivity index (χ1n) is 8.30. The monoisotopic (exact) mass is 250 g/mol. The lowest BCUT2D eigenvalue weighted by molar-refractivity contribution is 0.157. The van der Waals surface area contributed by atoms with Gasteiger partial charge in [-0.15, -0.1) is 0 Å². The third-order valence-corrected chi connectivity index (χ3v) is 5.87. The third kappa shape index (κ3) is 2.75. The zero-order valence-electron chi connectivity index (χ0n) is 11.9. The van der Waals surface area contributed by atoms with Crippen LogP contribution < -0.4 is 5.73 Å². The molecule has 0 aromatic rings. The Morgan fingerprint density at radius 2 is 1.72 bits per heavy atom. The maximum Gasteiger partial charge on any atom is 0.0166 e. The van der Waals surface area contributed by atoms with E-state index >= 15 is 0 Å². The minimum Gasteiger partial charge on any atom is -0.325 e. The minimum atomic E-state index is 0.186. The van der Waals surface area contributed by atoms with Gasteiger partial charge in [-0.1, -0.05) is 32.1 Å². The fraction of sp³-hybridized carbons (Fsp3) is 1.00.